The normalized spacial score (nSPS) is 12.8. The minimum absolute atomic E-state index is 0.308. The summed E-state index contributed by atoms with van der Waals surface area (Å²) in [6.45, 7) is 0. The highest BCUT2D eigenvalue weighted by atomic mass is 79.9. The molecule has 0 amide bonds. The predicted molar refractivity (Wildman–Crippen MR) is 81.7 cm³/mol. The van der Waals surface area contributed by atoms with Crippen molar-refractivity contribution in [2.75, 3.05) is 0 Å². The van der Waals surface area contributed by atoms with Gasteiger partial charge >= 0.3 is 5.76 Å². The Morgan fingerprint density at radius 1 is 1.20 bits per heavy atom. The number of fused-ring (bicyclic) bond motifs is 1. The molecule has 0 aliphatic heterocycles. The van der Waals surface area contributed by atoms with E-state index in [1.54, 1.807) is 24.3 Å². The number of rotatable bonds is 2. The third-order valence-corrected chi connectivity index (χ3v) is 4.49. The van der Waals surface area contributed by atoms with Crippen LogP contribution in [0, 0.1) is 5.82 Å². The topological polar surface area (TPSA) is 46.0 Å². The molecular weight excluding hydrogens is 393 g/mol. The number of nitrogens with one attached hydrogen (secondary N) is 1. The summed E-state index contributed by atoms with van der Waals surface area (Å²) < 4.78 is 19.7. The Kier molecular flexibility index (Phi) is 3.52. The second-order valence-corrected chi connectivity index (χ2v) is 6.13. The van der Waals surface area contributed by atoms with Crippen molar-refractivity contribution in [2.45, 2.75) is 4.83 Å². The van der Waals surface area contributed by atoms with Crippen LogP contribution in [-0.4, -0.2) is 4.98 Å². The van der Waals surface area contributed by atoms with Crippen LogP contribution in [0.5, 0.6) is 0 Å². The summed E-state index contributed by atoms with van der Waals surface area (Å²) in [4.78, 5) is 13.4. The van der Waals surface area contributed by atoms with Gasteiger partial charge in [0.1, 0.15) is 5.82 Å². The van der Waals surface area contributed by atoms with E-state index in [9.17, 15) is 9.18 Å². The molecule has 1 N–H and O–H groups in total. The van der Waals surface area contributed by atoms with Crippen molar-refractivity contribution in [3.63, 3.8) is 0 Å². The van der Waals surface area contributed by atoms with Crippen LogP contribution in [0.2, 0.25) is 0 Å². The van der Waals surface area contributed by atoms with E-state index in [0.29, 0.717) is 21.1 Å². The van der Waals surface area contributed by atoms with Crippen LogP contribution in [0.1, 0.15) is 16.0 Å². The monoisotopic (exact) mass is 399 g/mol. The molecule has 0 saturated carbocycles. The van der Waals surface area contributed by atoms with E-state index in [-0.39, 0.29) is 10.6 Å². The first kappa shape index (κ1) is 13.6. The van der Waals surface area contributed by atoms with Crippen molar-refractivity contribution in [2.24, 2.45) is 0 Å². The fourth-order valence-electron chi connectivity index (χ4n) is 2.01. The SMILES string of the molecule is O=c1[nH]c2ccc(C(Br)c3ccc(Br)cc3F)cc2o1. The summed E-state index contributed by atoms with van der Waals surface area (Å²) in [5, 5.41) is 0. The van der Waals surface area contributed by atoms with Gasteiger partial charge in [0.25, 0.3) is 0 Å². The average molecular weight is 401 g/mol. The molecule has 102 valence electrons. The van der Waals surface area contributed by atoms with E-state index in [1.165, 1.54) is 6.07 Å². The minimum atomic E-state index is -0.502. The second-order valence-electron chi connectivity index (χ2n) is 4.30. The maximum absolute atomic E-state index is 14.0. The lowest BCUT2D eigenvalue weighted by Gasteiger charge is -2.11. The maximum atomic E-state index is 14.0. The third-order valence-electron chi connectivity index (χ3n) is 2.97. The molecule has 0 spiro atoms. The van der Waals surface area contributed by atoms with Gasteiger partial charge in [-0.25, -0.2) is 9.18 Å². The lowest BCUT2D eigenvalue weighted by Crippen LogP contribution is -1.96. The van der Waals surface area contributed by atoms with E-state index in [1.807, 2.05) is 6.07 Å². The molecule has 3 nitrogen and oxygen atoms in total. The van der Waals surface area contributed by atoms with Crippen LogP contribution in [0.4, 0.5) is 4.39 Å². The van der Waals surface area contributed by atoms with E-state index in [4.69, 9.17) is 4.42 Å². The van der Waals surface area contributed by atoms with Crippen LogP contribution in [0.15, 0.2) is 50.1 Å². The number of halogens is 3. The summed E-state index contributed by atoms with van der Waals surface area (Å²) in [6, 6.07) is 10.2. The van der Waals surface area contributed by atoms with Crippen molar-refractivity contribution in [1.82, 2.24) is 4.98 Å². The zero-order chi connectivity index (χ0) is 14.3. The largest absolute Gasteiger partial charge is 0.417 e. The minimum Gasteiger partial charge on any atom is -0.408 e. The van der Waals surface area contributed by atoms with Gasteiger partial charge in [0.05, 0.1) is 10.3 Å². The van der Waals surface area contributed by atoms with Gasteiger partial charge in [0.15, 0.2) is 5.58 Å². The maximum Gasteiger partial charge on any atom is 0.417 e. The Labute approximate surface area is 130 Å². The number of hydrogen-bond acceptors (Lipinski definition) is 2. The van der Waals surface area contributed by atoms with Crippen LogP contribution in [-0.2, 0) is 0 Å². The van der Waals surface area contributed by atoms with Crippen molar-refractivity contribution in [1.29, 1.82) is 0 Å². The Hall–Kier alpha value is -1.40. The first-order chi connectivity index (χ1) is 9.54. The van der Waals surface area contributed by atoms with Crippen LogP contribution in [0.25, 0.3) is 11.1 Å². The number of aromatic nitrogens is 1. The lowest BCUT2D eigenvalue weighted by molar-refractivity contribution is 0.555. The quantitative estimate of drug-likeness (QED) is 0.643. The van der Waals surface area contributed by atoms with Gasteiger partial charge in [-0.15, -0.1) is 0 Å². The molecule has 3 aromatic rings. The van der Waals surface area contributed by atoms with Gasteiger partial charge in [-0.05, 0) is 29.8 Å². The summed E-state index contributed by atoms with van der Waals surface area (Å²) >= 11 is 6.70. The molecule has 3 rings (SSSR count). The van der Waals surface area contributed by atoms with Crippen molar-refractivity contribution in [3.05, 3.63) is 68.4 Å². The molecule has 0 aliphatic carbocycles. The predicted octanol–water partition coefficient (Wildman–Crippen LogP) is 4.51. The number of alkyl halides is 1. The van der Waals surface area contributed by atoms with Crippen LogP contribution in [0.3, 0.4) is 0 Å². The molecule has 20 heavy (non-hydrogen) atoms. The highest BCUT2D eigenvalue weighted by Gasteiger charge is 2.16. The molecule has 0 radical (unpaired) electrons. The zero-order valence-corrected chi connectivity index (χ0v) is 13.2. The van der Waals surface area contributed by atoms with Crippen molar-refractivity contribution in [3.8, 4) is 0 Å². The number of benzene rings is 2. The summed E-state index contributed by atoms with van der Waals surface area (Å²) in [7, 11) is 0. The summed E-state index contributed by atoms with van der Waals surface area (Å²) in [6.07, 6.45) is 0. The van der Waals surface area contributed by atoms with Crippen molar-refractivity contribution >= 4 is 43.0 Å². The fourth-order valence-corrected chi connectivity index (χ4v) is 3.00. The lowest BCUT2D eigenvalue weighted by atomic mass is 10.0. The fraction of sp³-hybridized carbons (Fsp3) is 0.0714. The average Bonchev–Trinajstić information content (AvgIpc) is 2.77. The Bertz CT molecular complexity index is 841. The molecule has 1 aromatic heterocycles. The molecule has 1 unspecified atom stereocenters. The summed E-state index contributed by atoms with van der Waals surface area (Å²) in [5.41, 5.74) is 2.40. The molecule has 6 heteroatoms. The first-order valence-corrected chi connectivity index (χ1v) is 7.47. The van der Waals surface area contributed by atoms with Gasteiger partial charge in [-0.2, -0.15) is 0 Å². The summed E-state index contributed by atoms with van der Waals surface area (Å²) in [5.74, 6) is -0.810. The number of H-pyrrole nitrogens is 1. The van der Waals surface area contributed by atoms with Gasteiger partial charge in [-0.3, -0.25) is 4.98 Å². The zero-order valence-electron chi connectivity index (χ0n) is 9.99. The molecule has 1 atom stereocenters. The molecule has 0 aliphatic rings. The van der Waals surface area contributed by atoms with E-state index < -0.39 is 5.76 Å². The standard InChI is InChI=1S/C14H8Br2FNO2/c15-8-2-3-9(10(17)6-8)13(16)7-1-4-11-12(5-7)20-14(19)18-11/h1-6,13H,(H,18,19). The highest BCUT2D eigenvalue weighted by molar-refractivity contribution is 9.10. The smallest absolute Gasteiger partial charge is 0.408 e. The highest BCUT2D eigenvalue weighted by Crippen LogP contribution is 2.34. The number of hydrogen-bond donors (Lipinski definition) is 1. The van der Waals surface area contributed by atoms with Gasteiger partial charge < -0.3 is 4.42 Å². The van der Waals surface area contributed by atoms with Crippen LogP contribution >= 0.6 is 31.9 Å². The second kappa shape index (κ2) is 5.18. The van der Waals surface area contributed by atoms with E-state index in [2.05, 4.69) is 36.8 Å². The number of oxazole rings is 1. The molecule has 0 saturated heterocycles. The van der Waals surface area contributed by atoms with E-state index >= 15 is 0 Å². The van der Waals surface area contributed by atoms with E-state index in [0.717, 1.165) is 5.56 Å². The third kappa shape index (κ3) is 2.45. The van der Waals surface area contributed by atoms with Crippen LogP contribution < -0.4 is 5.76 Å². The molecule has 1 heterocycles. The number of aromatic amines is 1. The molecular formula is C14H8Br2FNO2. The Balaban J connectivity index is 2.06. The Morgan fingerprint density at radius 3 is 2.75 bits per heavy atom. The molecule has 0 bridgehead atoms. The van der Waals surface area contributed by atoms with Gasteiger partial charge in [0, 0.05) is 10.0 Å². The van der Waals surface area contributed by atoms with Gasteiger partial charge in [-0.1, -0.05) is 44.0 Å². The van der Waals surface area contributed by atoms with Gasteiger partial charge in [0.2, 0.25) is 0 Å². The molecule has 2 aromatic carbocycles. The Morgan fingerprint density at radius 2 is 2.00 bits per heavy atom. The first-order valence-electron chi connectivity index (χ1n) is 5.76. The van der Waals surface area contributed by atoms with Crippen molar-refractivity contribution < 1.29 is 8.81 Å². The molecule has 0 fully saturated rings.